The van der Waals surface area contributed by atoms with Gasteiger partial charge in [-0.25, -0.2) is 15.0 Å². The van der Waals surface area contributed by atoms with Crippen LogP contribution in [0.3, 0.4) is 0 Å². The number of aromatic nitrogens is 3. The van der Waals surface area contributed by atoms with Crippen LogP contribution >= 0.6 is 34.4 Å². The Hall–Kier alpha value is -2.49. The van der Waals surface area contributed by atoms with E-state index >= 15 is 0 Å². The van der Waals surface area contributed by atoms with Gasteiger partial charge in [0, 0.05) is 23.4 Å². The Bertz CT molecular complexity index is 1130. The molecule has 0 N–H and O–H groups in total. The van der Waals surface area contributed by atoms with Gasteiger partial charge in [-0.1, -0.05) is 23.9 Å². The second-order valence-corrected chi connectivity index (χ2v) is 8.45. The topological polar surface area (TPSA) is 68.2 Å². The van der Waals surface area contributed by atoms with Crippen molar-refractivity contribution in [3.63, 3.8) is 0 Å². The van der Waals surface area contributed by atoms with Crippen molar-refractivity contribution in [3.8, 4) is 5.75 Å². The van der Waals surface area contributed by atoms with E-state index in [0.29, 0.717) is 22.3 Å². The number of benzene rings is 1. The molecule has 0 unspecified atom stereocenters. The van der Waals surface area contributed by atoms with Gasteiger partial charge in [0.1, 0.15) is 21.9 Å². The van der Waals surface area contributed by atoms with Gasteiger partial charge in [-0.2, -0.15) is 0 Å². The molecule has 0 aliphatic rings. The number of fused-ring (bicyclic) bond motifs is 1. The molecule has 0 radical (unpaired) electrons. The molecule has 0 saturated heterocycles. The Labute approximate surface area is 174 Å². The number of methoxy groups -OCH3 is 1. The fourth-order valence-corrected chi connectivity index (χ4v) is 5.37. The van der Waals surface area contributed by atoms with E-state index in [-0.39, 0.29) is 5.91 Å². The fraction of sp³-hybridized carbons (Fsp3) is 0.158. The van der Waals surface area contributed by atoms with Gasteiger partial charge in [-0.15, -0.1) is 22.7 Å². The van der Waals surface area contributed by atoms with Gasteiger partial charge in [0.25, 0.3) is 0 Å². The molecule has 0 aliphatic carbocycles. The standard InChI is InChI=1S/C19H16N4O2S3/c1-12(24)23(15-5-3-4-6-16(15)25-2)19-22-13(10-28-19)9-27-18-14-7-8-26-17(14)20-11-21-18/h3-8,10-11H,9H2,1-2H3. The van der Waals surface area contributed by atoms with Crippen LogP contribution in [-0.2, 0) is 10.5 Å². The van der Waals surface area contributed by atoms with Gasteiger partial charge in [0.05, 0.1) is 18.5 Å². The third kappa shape index (κ3) is 3.73. The maximum absolute atomic E-state index is 12.3. The molecule has 3 aromatic heterocycles. The summed E-state index contributed by atoms with van der Waals surface area (Å²) in [6, 6.07) is 9.46. The first-order chi connectivity index (χ1) is 13.7. The fourth-order valence-electron chi connectivity index (χ4n) is 2.71. The van der Waals surface area contributed by atoms with Crippen molar-refractivity contribution in [2.75, 3.05) is 12.0 Å². The number of nitrogens with zero attached hydrogens (tertiary/aromatic N) is 4. The normalized spacial score (nSPS) is 10.9. The molecular weight excluding hydrogens is 412 g/mol. The lowest BCUT2D eigenvalue weighted by atomic mass is 10.2. The highest BCUT2D eigenvalue weighted by molar-refractivity contribution is 7.98. The van der Waals surface area contributed by atoms with Crippen molar-refractivity contribution in [2.45, 2.75) is 17.7 Å². The lowest BCUT2D eigenvalue weighted by Crippen LogP contribution is -2.23. The number of anilines is 2. The molecule has 0 fully saturated rings. The first-order valence-electron chi connectivity index (χ1n) is 8.36. The van der Waals surface area contributed by atoms with Crippen LogP contribution in [0.25, 0.3) is 10.2 Å². The van der Waals surface area contributed by atoms with Crippen LogP contribution in [0.4, 0.5) is 10.8 Å². The van der Waals surface area contributed by atoms with E-state index in [4.69, 9.17) is 4.74 Å². The molecule has 4 rings (SSSR count). The minimum Gasteiger partial charge on any atom is -0.495 e. The van der Waals surface area contributed by atoms with Crippen LogP contribution in [0.15, 0.2) is 52.4 Å². The molecule has 1 aromatic carbocycles. The van der Waals surface area contributed by atoms with Crippen LogP contribution in [0.1, 0.15) is 12.6 Å². The van der Waals surface area contributed by atoms with Crippen molar-refractivity contribution in [2.24, 2.45) is 0 Å². The molecular formula is C19H16N4O2S3. The average molecular weight is 429 g/mol. The highest BCUT2D eigenvalue weighted by Gasteiger charge is 2.21. The van der Waals surface area contributed by atoms with Crippen LogP contribution in [0, 0.1) is 0 Å². The summed E-state index contributed by atoms with van der Waals surface area (Å²) in [5.41, 5.74) is 1.58. The van der Waals surface area contributed by atoms with Crippen LogP contribution in [-0.4, -0.2) is 28.0 Å². The van der Waals surface area contributed by atoms with Crippen molar-refractivity contribution in [3.05, 3.63) is 53.1 Å². The molecule has 142 valence electrons. The predicted molar refractivity (Wildman–Crippen MR) is 115 cm³/mol. The number of thioether (sulfide) groups is 1. The Kier molecular flexibility index (Phi) is 5.56. The van der Waals surface area contributed by atoms with E-state index in [1.807, 2.05) is 41.1 Å². The molecule has 0 saturated carbocycles. The van der Waals surface area contributed by atoms with Crippen molar-refractivity contribution in [1.82, 2.24) is 15.0 Å². The van der Waals surface area contributed by atoms with Gasteiger partial charge < -0.3 is 4.74 Å². The summed E-state index contributed by atoms with van der Waals surface area (Å²) >= 11 is 4.65. The van der Waals surface area contributed by atoms with Gasteiger partial charge in [0.15, 0.2) is 5.13 Å². The molecule has 0 spiro atoms. The Morgan fingerprint density at radius 1 is 1.21 bits per heavy atom. The first-order valence-corrected chi connectivity index (χ1v) is 11.1. The van der Waals surface area contributed by atoms with Crippen molar-refractivity contribution < 1.29 is 9.53 Å². The number of thiophene rings is 1. The second-order valence-electron chi connectivity index (χ2n) is 5.75. The third-order valence-electron chi connectivity index (χ3n) is 3.95. The summed E-state index contributed by atoms with van der Waals surface area (Å²) in [5, 5.41) is 6.61. The van der Waals surface area contributed by atoms with Crippen LogP contribution < -0.4 is 9.64 Å². The van der Waals surface area contributed by atoms with Crippen molar-refractivity contribution in [1.29, 1.82) is 0 Å². The number of carbonyl (C=O) groups excluding carboxylic acids is 1. The zero-order chi connectivity index (χ0) is 19.5. The van der Waals surface area contributed by atoms with E-state index in [1.54, 1.807) is 41.4 Å². The largest absolute Gasteiger partial charge is 0.495 e. The number of thiazole rings is 1. The van der Waals surface area contributed by atoms with Gasteiger partial charge in [-0.3, -0.25) is 9.69 Å². The zero-order valence-corrected chi connectivity index (χ0v) is 17.6. The summed E-state index contributed by atoms with van der Waals surface area (Å²) in [6.07, 6.45) is 1.59. The SMILES string of the molecule is COc1ccccc1N(C(C)=O)c1nc(CSc2ncnc3sccc23)cs1. The Balaban J connectivity index is 1.57. The molecule has 4 aromatic rings. The number of amides is 1. The van der Waals surface area contributed by atoms with Gasteiger partial charge in [0.2, 0.25) is 5.91 Å². The lowest BCUT2D eigenvalue weighted by Gasteiger charge is -2.20. The first kappa shape index (κ1) is 18.9. The maximum Gasteiger partial charge on any atom is 0.230 e. The number of hydrogen-bond acceptors (Lipinski definition) is 8. The third-order valence-corrected chi connectivity index (χ3v) is 6.69. The van der Waals surface area contributed by atoms with Gasteiger partial charge >= 0.3 is 0 Å². The molecule has 28 heavy (non-hydrogen) atoms. The lowest BCUT2D eigenvalue weighted by molar-refractivity contribution is -0.115. The maximum atomic E-state index is 12.3. The number of hydrogen-bond donors (Lipinski definition) is 0. The number of carbonyl (C=O) groups is 1. The minimum atomic E-state index is -0.117. The van der Waals surface area contributed by atoms with E-state index < -0.39 is 0 Å². The molecule has 0 atom stereocenters. The molecule has 0 aliphatic heterocycles. The van der Waals surface area contributed by atoms with E-state index in [0.717, 1.165) is 20.9 Å². The molecule has 1 amide bonds. The Morgan fingerprint density at radius 2 is 2.07 bits per heavy atom. The zero-order valence-electron chi connectivity index (χ0n) is 15.2. The van der Waals surface area contributed by atoms with Gasteiger partial charge in [-0.05, 0) is 23.6 Å². The van der Waals surface area contributed by atoms with Crippen LogP contribution in [0.2, 0.25) is 0 Å². The molecule has 9 heteroatoms. The smallest absolute Gasteiger partial charge is 0.230 e. The Morgan fingerprint density at radius 3 is 2.89 bits per heavy atom. The highest BCUT2D eigenvalue weighted by Crippen LogP contribution is 2.36. The number of rotatable bonds is 6. The monoisotopic (exact) mass is 428 g/mol. The predicted octanol–water partition coefficient (Wildman–Crippen LogP) is 5.13. The quantitative estimate of drug-likeness (QED) is 0.313. The molecule has 6 nitrogen and oxygen atoms in total. The van der Waals surface area contributed by atoms with E-state index in [9.17, 15) is 4.79 Å². The summed E-state index contributed by atoms with van der Waals surface area (Å²) in [5.74, 6) is 1.18. The summed E-state index contributed by atoms with van der Waals surface area (Å²) < 4.78 is 5.41. The molecule has 3 heterocycles. The van der Waals surface area contributed by atoms with Crippen molar-refractivity contribution >= 4 is 61.4 Å². The van der Waals surface area contributed by atoms with E-state index in [1.165, 1.54) is 18.3 Å². The molecule has 0 bridgehead atoms. The number of para-hydroxylation sites is 2. The summed E-state index contributed by atoms with van der Waals surface area (Å²) in [6.45, 7) is 1.52. The summed E-state index contributed by atoms with van der Waals surface area (Å²) in [7, 11) is 1.59. The minimum absolute atomic E-state index is 0.117. The highest BCUT2D eigenvalue weighted by atomic mass is 32.2. The van der Waals surface area contributed by atoms with E-state index in [2.05, 4.69) is 15.0 Å². The van der Waals surface area contributed by atoms with Crippen LogP contribution in [0.5, 0.6) is 5.75 Å². The summed E-state index contributed by atoms with van der Waals surface area (Å²) in [4.78, 5) is 28.2. The second kappa shape index (κ2) is 8.26. The number of ether oxygens (including phenoxy) is 1. The average Bonchev–Trinajstić information content (AvgIpc) is 3.36.